The molecule has 0 atom stereocenters. The van der Waals surface area contributed by atoms with Crippen LogP contribution in [-0.2, 0) is 11.3 Å². The third kappa shape index (κ3) is 2.23. The molecule has 1 aliphatic carbocycles. The van der Waals surface area contributed by atoms with Gasteiger partial charge in [-0.15, -0.1) is 0 Å². The summed E-state index contributed by atoms with van der Waals surface area (Å²) in [7, 11) is 1.75. The van der Waals surface area contributed by atoms with E-state index in [0.29, 0.717) is 12.1 Å². The molecule has 1 aromatic rings. The van der Waals surface area contributed by atoms with E-state index < -0.39 is 0 Å². The Balaban J connectivity index is 1.71. The lowest BCUT2D eigenvalue weighted by Gasteiger charge is -2.34. The van der Waals surface area contributed by atoms with E-state index in [1.54, 1.807) is 7.11 Å². The number of nitrogens with one attached hydrogen (secondary N) is 2. The Labute approximate surface area is 86.3 Å². The van der Waals surface area contributed by atoms with E-state index >= 15 is 0 Å². The summed E-state index contributed by atoms with van der Waals surface area (Å²) < 4.78 is 5.18. The second-order valence-corrected chi connectivity index (χ2v) is 4.42. The Morgan fingerprint density at radius 1 is 1.71 bits per heavy atom. The minimum Gasteiger partial charge on any atom is -0.381 e. The fourth-order valence-electron chi connectivity index (χ4n) is 1.58. The van der Waals surface area contributed by atoms with Crippen LogP contribution < -0.4 is 10.2 Å². The van der Waals surface area contributed by atoms with Crippen LogP contribution in [0.1, 0.15) is 18.5 Å². The van der Waals surface area contributed by atoms with Gasteiger partial charge in [0.25, 0.3) is 0 Å². The van der Waals surface area contributed by atoms with Crippen molar-refractivity contribution in [3.8, 4) is 0 Å². The van der Waals surface area contributed by atoms with E-state index in [9.17, 15) is 4.79 Å². The van der Waals surface area contributed by atoms with Crippen molar-refractivity contribution in [3.63, 3.8) is 0 Å². The number of rotatable bonds is 4. The highest BCUT2D eigenvalue weighted by Gasteiger charge is 2.28. The molecule has 78 valence electrons. The maximum Gasteiger partial charge on any atom is 0.304 e. The molecule has 14 heavy (non-hydrogen) atoms. The first-order valence-corrected chi connectivity index (χ1v) is 5.59. The predicted molar refractivity (Wildman–Crippen MR) is 55.6 cm³/mol. The molecule has 1 saturated carbocycles. The van der Waals surface area contributed by atoms with E-state index in [1.807, 2.05) is 5.38 Å². The van der Waals surface area contributed by atoms with Gasteiger partial charge in [0, 0.05) is 30.8 Å². The highest BCUT2D eigenvalue weighted by Crippen LogP contribution is 2.22. The summed E-state index contributed by atoms with van der Waals surface area (Å²) in [4.78, 5) is 13.6. The summed E-state index contributed by atoms with van der Waals surface area (Å²) in [5, 5.41) is 5.23. The molecule has 1 aromatic heterocycles. The highest BCUT2D eigenvalue weighted by molar-refractivity contribution is 7.07. The maximum absolute atomic E-state index is 10.8. The van der Waals surface area contributed by atoms with E-state index in [1.165, 1.54) is 11.3 Å². The molecule has 0 unspecified atom stereocenters. The Morgan fingerprint density at radius 3 is 3.07 bits per heavy atom. The molecule has 0 saturated heterocycles. The SMILES string of the molecule is COC1CC(NCc2csc(=O)[nH]2)C1. The number of hydrogen-bond acceptors (Lipinski definition) is 4. The zero-order valence-electron chi connectivity index (χ0n) is 8.08. The normalized spacial score (nSPS) is 26.1. The van der Waals surface area contributed by atoms with Crippen LogP contribution in [-0.4, -0.2) is 24.2 Å². The second-order valence-electron chi connectivity index (χ2n) is 3.58. The van der Waals surface area contributed by atoms with Gasteiger partial charge in [-0.25, -0.2) is 0 Å². The molecule has 0 radical (unpaired) electrons. The fraction of sp³-hybridized carbons (Fsp3) is 0.667. The molecule has 2 N–H and O–H groups in total. The lowest BCUT2D eigenvalue weighted by Crippen LogP contribution is -2.44. The molecular formula is C9H14N2O2S. The quantitative estimate of drug-likeness (QED) is 0.776. The predicted octanol–water partition coefficient (Wildman–Crippen LogP) is 0.703. The van der Waals surface area contributed by atoms with Gasteiger partial charge in [0.1, 0.15) is 0 Å². The largest absolute Gasteiger partial charge is 0.381 e. The minimum absolute atomic E-state index is 0.0187. The van der Waals surface area contributed by atoms with Crippen LogP contribution in [0, 0.1) is 0 Å². The molecule has 0 amide bonds. The smallest absolute Gasteiger partial charge is 0.304 e. The van der Waals surface area contributed by atoms with Gasteiger partial charge in [-0.2, -0.15) is 0 Å². The standard InChI is InChI=1S/C9H14N2O2S/c1-13-8-2-6(3-8)10-4-7-5-14-9(12)11-7/h5-6,8,10H,2-4H2,1H3,(H,11,12). The van der Waals surface area contributed by atoms with Crippen LogP contribution in [0.4, 0.5) is 0 Å². The number of aromatic amines is 1. The molecule has 1 heterocycles. The maximum atomic E-state index is 10.8. The summed E-state index contributed by atoms with van der Waals surface area (Å²) in [6, 6.07) is 0.545. The number of methoxy groups -OCH3 is 1. The monoisotopic (exact) mass is 214 g/mol. The molecule has 2 rings (SSSR count). The third-order valence-electron chi connectivity index (χ3n) is 2.58. The van der Waals surface area contributed by atoms with Gasteiger partial charge in [0.2, 0.25) is 0 Å². The summed E-state index contributed by atoms with van der Waals surface area (Å²) in [5.74, 6) is 0. The molecule has 4 nitrogen and oxygen atoms in total. The molecule has 5 heteroatoms. The van der Waals surface area contributed by atoms with Gasteiger partial charge in [0.15, 0.2) is 0 Å². The second kappa shape index (κ2) is 4.25. The zero-order valence-corrected chi connectivity index (χ0v) is 8.89. The van der Waals surface area contributed by atoms with Crippen molar-refractivity contribution >= 4 is 11.3 Å². The molecule has 0 bridgehead atoms. The summed E-state index contributed by atoms with van der Waals surface area (Å²) in [5.41, 5.74) is 0.973. The van der Waals surface area contributed by atoms with E-state index in [2.05, 4.69) is 10.3 Å². The Bertz CT molecular complexity index is 341. The van der Waals surface area contributed by atoms with E-state index in [0.717, 1.165) is 25.1 Å². The molecule has 0 aromatic carbocycles. The molecule has 0 spiro atoms. The molecule has 1 fully saturated rings. The molecule has 1 aliphatic rings. The topological polar surface area (TPSA) is 54.1 Å². The van der Waals surface area contributed by atoms with Gasteiger partial charge in [0.05, 0.1) is 6.10 Å². The van der Waals surface area contributed by atoms with Gasteiger partial charge in [-0.05, 0) is 12.8 Å². The van der Waals surface area contributed by atoms with Crippen LogP contribution in [0.2, 0.25) is 0 Å². The Hall–Kier alpha value is -0.650. The van der Waals surface area contributed by atoms with Crippen LogP contribution in [0.3, 0.4) is 0 Å². The zero-order chi connectivity index (χ0) is 9.97. The third-order valence-corrected chi connectivity index (χ3v) is 3.30. The summed E-state index contributed by atoms with van der Waals surface area (Å²) in [6.07, 6.45) is 2.57. The van der Waals surface area contributed by atoms with Crippen molar-refractivity contribution in [2.75, 3.05) is 7.11 Å². The average Bonchev–Trinajstić information content (AvgIpc) is 2.49. The van der Waals surface area contributed by atoms with Gasteiger partial charge in [-0.3, -0.25) is 4.79 Å². The van der Waals surface area contributed by atoms with Crippen molar-refractivity contribution < 1.29 is 4.74 Å². The van der Waals surface area contributed by atoms with Crippen LogP contribution in [0.25, 0.3) is 0 Å². The van der Waals surface area contributed by atoms with Crippen molar-refractivity contribution in [3.05, 3.63) is 20.7 Å². The first-order chi connectivity index (χ1) is 6.78. The molecular weight excluding hydrogens is 200 g/mol. The van der Waals surface area contributed by atoms with Crippen LogP contribution in [0.5, 0.6) is 0 Å². The Morgan fingerprint density at radius 2 is 2.50 bits per heavy atom. The highest BCUT2D eigenvalue weighted by atomic mass is 32.1. The summed E-state index contributed by atoms with van der Waals surface area (Å²) in [6.45, 7) is 0.750. The van der Waals surface area contributed by atoms with Crippen LogP contribution >= 0.6 is 11.3 Å². The van der Waals surface area contributed by atoms with Crippen LogP contribution in [0.15, 0.2) is 10.2 Å². The van der Waals surface area contributed by atoms with Gasteiger partial charge < -0.3 is 15.0 Å². The first kappa shape index (κ1) is 9.89. The Kier molecular flexibility index (Phi) is 3.00. The number of thiazole rings is 1. The van der Waals surface area contributed by atoms with E-state index in [4.69, 9.17) is 4.74 Å². The van der Waals surface area contributed by atoms with Crippen molar-refractivity contribution in [1.29, 1.82) is 0 Å². The van der Waals surface area contributed by atoms with Crippen molar-refractivity contribution in [1.82, 2.24) is 10.3 Å². The van der Waals surface area contributed by atoms with Gasteiger partial charge >= 0.3 is 4.87 Å². The van der Waals surface area contributed by atoms with Gasteiger partial charge in [-0.1, -0.05) is 11.3 Å². The first-order valence-electron chi connectivity index (χ1n) is 4.71. The number of ether oxygens (including phenoxy) is 1. The number of hydrogen-bond donors (Lipinski definition) is 2. The fourth-order valence-corrected chi connectivity index (χ4v) is 2.16. The average molecular weight is 214 g/mol. The molecule has 0 aliphatic heterocycles. The van der Waals surface area contributed by atoms with Crippen molar-refractivity contribution in [2.24, 2.45) is 0 Å². The lowest BCUT2D eigenvalue weighted by atomic mass is 9.89. The number of aromatic nitrogens is 1. The van der Waals surface area contributed by atoms with E-state index in [-0.39, 0.29) is 4.87 Å². The minimum atomic E-state index is 0.0187. The summed E-state index contributed by atoms with van der Waals surface area (Å²) >= 11 is 1.21. The number of H-pyrrole nitrogens is 1. The van der Waals surface area contributed by atoms with Crippen molar-refractivity contribution in [2.45, 2.75) is 31.5 Å². The lowest BCUT2D eigenvalue weighted by molar-refractivity contribution is 0.0169.